The number of hydrogen-bond acceptors (Lipinski definition) is 4. The lowest BCUT2D eigenvalue weighted by molar-refractivity contribution is 0.474. The molecule has 1 aromatic heterocycles. The Labute approximate surface area is 79.8 Å². The highest BCUT2D eigenvalue weighted by atomic mass is 16.3. The van der Waals surface area contributed by atoms with E-state index in [0.29, 0.717) is 11.3 Å². The van der Waals surface area contributed by atoms with Gasteiger partial charge in [-0.2, -0.15) is 5.26 Å². The Bertz CT molecular complexity index is 484. The van der Waals surface area contributed by atoms with E-state index in [1.807, 2.05) is 6.07 Å². The third kappa shape index (κ3) is 1.29. The smallest absolute Gasteiger partial charge is 0.117 e. The van der Waals surface area contributed by atoms with Gasteiger partial charge in [0.2, 0.25) is 0 Å². The predicted octanol–water partition coefficient (Wildman–Crippen LogP) is 0.845. The van der Waals surface area contributed by atoms with Gasteiger partial charge in [-0.05, 0) is 12.1 Å². The second kappa shape index (κ2) is 3.18. The Hall–Kier alpha value is -2.35. The second-order valence-electron chi connectivity index (χ2n) is 2.66. The van der Waals surface area contributed by atoms with Crippen molar-refractivity contribution >= 4 is 0 Å². The van der Waals surface area contributed by atoms with E-state index < -0.39 is 0 Å². The number of phenolic OH excluding ortho intramolecular Hbond substituents is 1. The van der Waals surface area contributed by atoms with Crippen LogP contribution in [0, 0.1) is 11.3 Å². The van der Waals surface area contributed by atoms with Crippen LogP contribution in [0.15, 0.2) is 30.6 Å². The number of benzene rings is 1. The highest BCUT2D eigenvalue weighted by Crippen LogP contribution is 2.18. The zero-order valence-corrected chi connectivity index (χ0v) is 7.12. The van der Waals surface area contributed by atoms with Crippen molar-refractivity contribution in [1.82, 2.24) is 15.0 Å². The normalized spacial score (nSPS) is 9.64. The van der Waals surface area contributed by atoms with Crippen LogP contribution in [0.4, 0.5) is 0 Å². The number of aromatic hydroxyl groups is 1. The summed E-state index contributed by atoms with van der Waals surface area (Å²) in [5, 5.41) is 25.4. The van der Waals surface area contributed by atoms with E-state index in [4.69, 9.17) is 5.26 Å². The van der Waals surface area contributed by atoms with Gasteiger partial charge in [0.1, 0.15) is 11.8 Å². The molecule has 1 N–H and O–H groups in total. The molecule has 0 saturated carbocycles. The molecule has 0 aliphatic rings. The van der Waals surface area contributed by atoms with Crippen molar-refractivity contribution in [2.45, 2.75) is 0 Å². The molecule has 1 heterocycles. The average molecular weight is 186 g/mol. The maximum absolute atomic E-state index is 9.26. The van der Waals surface area contributed by atoms with Crippen molar-refractivity contribution in [1.29, 1.82) is 5.26 Å². The summed E-state index contributed by atoms with van der Waals surface area (Å²) >= 11 is 0. The molecular formula is C9H6N4O. The SMILES string of the molecule is N#Cc1ccc(O)cc1-n1ccnn1. The van der Waals surface area contributed by atoms with Gasteiger partial charge in [-0.3, -0.25) is 0 Å². The molecule has 2 aromatic rings. The Kier molecular flexibility index (Phi) is 1.88. The van der Waals surface area contributed by atoms with Gasteiger partial charge in [0.15, 0.2) is 0 Å². The summed E-state index contributed by atoms with van der Waals surface area (Å²) in [6, 6.07) is 6.47. The highest BCUT2D eigenvalue weighted by molar-refractivity contribution is 5.51. The monoisotopic (exact) mass is 186 g/mol. The fourth-order valence-corrected chi connectivity index (χ4v) is 1.14. The maximum atomic E-state index is 9.26. The summed E-state index contributed by atoms with van der Waals surface area (Å²) in [5.74, 6) is 0.0921. The Morgan fingerprint density at radius 2 is 2.29 bits per heavy atom. The van der Waals surface area contributed by atoms with E-state index in [1.54, 1.807) is 6.20 Å². The van der Waals surface area contributed by atoms with E-state index in [-0.39, 0.29) is 5.75 Å². The molecular weight excluding hydrogens is 180 g/mol. The van der Waals surface area contributed by atoms with Gasteiger partial charge < -0.3 is 5.11 Å². The van der Waals surface area contributed by atoms with E-state index in [2.05, 4.69) is 10.3 Å². The predicted molar refractivity (Wildman–Crippen MR) is 47.7 cm³/mol. The molecule has 0 amide bonds. The van der Waals surface area contributed by atoms with Gasteiger partial charge in [0.25, 0.3) is 0 Å². The Morgan fingerprint density at radius 3 is 2.93 bits per heavy atom. The second-order valence-corrected chi connectivity index (χ2v) is 2.66. The summed E-state index contributed by atoms with van der Waals surface area (Å²) in [6.45, 7) is 0. The lowest BCUT2D eigenvalue weighted by Crippen LogP contribution is -1.98. The minimum atomic E-state index is 0.0921. The van der Waals surface area contributed by atoms with Gasteiger partial charge in [0, 0.05) is 6.07 Å². The Balaban J connectivity index is 2.63. The molecule has 0 radical (unpaired) electrons. The van der Waals surface area contributed by atoms with Crippen LogP contribution in [0.3, 0.4) is 0 Å². The van der Waals surface area contributed by atoms with Crippen molar-refractivity contribution in [2.24, 2.45) is 0 Å². The third-order valence-electron chi connectivity index (χ3n) is 1.77. The van der Waals surface area contributed by atoms with Gasteiger partial charge in [-0.1, -0.05) is 5.21 Å². The van der Waals surface area contributed by atoms with Crippen LogP contribution in [-0.4, -0.2) is 20.1 Å². The van der Waals surface area contributed by atoms with E-state index in [9.17, 15) is 5.11 Å². The van der Waals surface area contributed by atoms with E-state index >= 15 is 0 Å². The molecule has 0 fully saturated rings. The van der Waals surface area contributed by atoms with Crippen molar-refractivity contribution in [3.8, 4) is 17.5 Å². The summed E-state index contributed by atoms with van der Waals surface area (Å²) in [7, 11) is 0. The lowest BCUT2D eigenvalue weighted by Gasteiger charge is -2.02. The summed E-state index contributed by atoms with van der Waals surface area (Å²) in [4.78, 5) is 0. The number of aromatic nitrogens is 3. The lowest BCUT2D eigenvalue weighted by atomic mass is 10.2. The Morgan fingerprint density at radius 1 is 1.43 bits per heavy atom. The number of nitriles is 1. The summed E-state index contributed by atoms with van der Waals surface area (Å²) in [6.07, 6.45) is 3.11. The van der Waals surface area contributed by atoms with E-state index in [0.717, 1.165) is 0 Å². The molecule has 0 unspecified atom stereocenters. The first-order valence-electron chi connectivity index (χ1n) is 3.91. The van der Waals surface area contributed by atoms with Gasteiger partial charge >= 0.3 is 0 Å². The first-order chi connectivity index (χ1) is 6.81. The van der Waals surface area contributed by atoms with Crippen LogP contribution in [0.5, 0.6) is 5.75 Å². The largest absolute Gasteiger partial charge is 0.508 e. The van der Waals surface area contributed by atoms with Crippen molar-refractivity contribution in [3.63, 3.8) is 0 Å². The van der Waals surface area contributed by atoms with Crippen molar-refractivity contribution in [3.05, 3.63) is 36.2 Å². The molecule has 5 heteroatoms. The maximum Gasteiger partial charge on any atom is 0.117 e. The van der Waals surface area contributed by atoms with Crippen LogP contribution in [-0.2, 0) is 0 Å². The standard InChI is InChI=1S/C9H6N4O/c10-6-7-1-2-8(14)5-9(7)13-4-3-11-12-13/h1-5,14H. The van der Waals surface area contributed by atoms with Gasteiger partial charge in [-0.25, -0.2) is 4.68 Å². The van der Waals surface area contributed by atoms with Gasteiger partial charge in [0.05, 0.1) is 23.6 Å². The average Bonchev–Trinajstić information content (AvgIpc) is 2.70. The molecule has 14 heavy (non-hydrogen) atoms. The quantitative estimate of drug-likeness (QED) is 0.716. The number of phenols is 1. The van der Waals surface area contributed by atoms with E-state index in [1.165, 1.54) is 29.1 Å². The van der Waals surface area contributed by atoms with Crippen LogP contribution in [0.2, 0.25) is 0 Å². The first-order valence-corrected chi connectivity index (χ1v) is 3.91. The highest BCUT2D eigenvalue weighted by Gasteiger charge is 2.05. The molecule has 68 valence electrons. The molecule has 0 aliphatic heterocycles. The van der Waals surface area contributed by atoms with Crippen LogP contribution < -0.4 is 0 Å². The molecule has 0 aliphatic carbocycles. The molecule has 0 saturated heterocycles. The minimum absolute atomic E-state index is 0.0921. The minimum Gasteiger partial charge on any atom is -0.508 e. The number of nitrogens with zero attached hydrogens (tertiary/aromatic N) is 4. The zero-order valence-electron chi connectivity index (χ0n) is 7.12. The number of hydrogen-bond donors (Lipinski definition) is 1. The first kappa shape index (κ1) is 8.26. The molecule has 2 rings (SSSR count). The van der Waals surface area contributed by atoms with Crippen LogP contribution in [0.25, 0.3) is 5.69 Å². The third-order valence-corrected chi connectivity index (χ3v) is 1.77. The summed E-state index contributed by atoms with van der Waals surface area (Å²) in [5.41, 5.74) is 0.957. The van der Waals surface area contributed by atoms with Crippen LogP contribution >= 0.6 is 0 Å². The molecule has 5 nitrogen and oxygen atoms in total. The fraction of sp³-hybridized carbons (Fsp3) is 0. The zero-order chi connectivity index (χ0) is 9.97. The molecule has 0 atom stereocenters. The van der Waals surface area contributed by atoms with Crippen LogP contribution in [0.1, 0.15) is 5.56 Å². The van der Waals surface area contributed by atoms with Crippen molar-refractivity contribution in [2.75, 3.05) is 0 Å². The molecule has 0 spiro atoms. The number of rotatable bonds is 1. The topological polar surface area (TPSA) is 74.7 Å². The van der Waals surface area contributed by atoms with Gasteiger partial charge in [-0.15, -0.1) is 5.10 Å². The summed E-state index contributed by atoms with van der Waals surface area (Å²) < 4.78 is 1.43. The van der Waals surface area contributed by atoms with Crippen molar-refractivity contribution < 1.29 is 5.11 Å². The molecule has 0 bridgehead atoms. The molecule has 1 aromatic carbocycles. The fourth-order valence-electron chi connectivity index (χ4n) is 1.14.